The fraction of sp³-hybridized carbons (Fsp3) is 0.700. The molecule has 0 spiro atoms. The Kier molecular flexibility index (Phi) is 3.97. The summed E-state index contributed by atoms with van der Waals surface area (Å²) in [4.78, 5) is 7.72. The van der Waals surface area contributed by atoms with Gasteiger partial charge < -0.3 is 5.32 Å². The number of nitrogens with zero attached hydrogens (tertiary/aromatic N) is 2. The summed E-state index contributed by atoms with van der Waals surface area (Å²) in [5.74, 6) is 0. The first-order valence-electron chi connectivity index (χ1n) is 5.27. The maximum atomic E-state index is 5.81. The van der Waals surface area contributed by atoms with Gasteiger partial charge in [0, 0.05) is 23.7 Å². The van der Waals surface area contributed by atoms with E-state index in [0.717, 1.165) is 19.6 Å². The first kappa shape index (κ1) is 11.3. The summed E-state index contributed by atoms with van der Waals surface area (Å²) in [6, 6.07) is 0.701. The number of hydrogen-bond acceptors (Lipinski definition) is 4. The van der Waals surface area contributed by atoms with Gasteiger partial charge in [-0.1, -0.05) is 11.6 Å². The molecule has 1 fully saturated rings. The second kappa shape index (κ2) is 5.25. The van der Waals surface area contributed by atoms with Crippen LogP contribution < -0.4 is 5.32 Å². The lowest BCUT2D eigenvalue weighted by atomic mass is 10.1. The quantitative estimate of drug-likeness (QED) is 0.883. The maximum Gasteiger partial charge on any atom is 0.183 e. The van der Waals surface area contributed by atoms with Crippen LogP contribution in [0, 0.1) is 0 Å². The first-order chi connectivity index (χ1) is 7.25. The van der Waals surface area contributed by atoms with E-state index in [0.29, 0.717) is 10.5 Å². The number of nitrogens with one attached hydrogen (secondary N) is 1. The highest BCUT2D eigenvalue weighted by Crippen LogP contribution is 2.21. The average Bonchev–Trinajstić information content (AvgIpc) is 2.65. The zero-order chi connectivity index (χ0) is 10.7. The van der Waals surface area contributed by atoms with E-state index in [1.807, 2.05) is 6.20 Å². The third-order valence-electron chi connectivity index (χ3n) is 2.86. The van der Waals surface area contributed by atoms with Crippen LogP contribution in [0.25, 0.3) is 0 Å². The van der Waals surface area contributed by atoms with Gasteiger partial charge in [0.05, 0.1) is 0 Å². The lowest BCUT2D eigenvalue weighted by Crippen LogP contribution is -2.40. The summed E-state index contributed by atoms with van der Waals surface area (Å²) in [7, 11) is 2.18. The van der Waals surface area contributed by atoms with Gasteiger partial charge in [0.2, 0.25) is 0 Å². The largest absolute Gasteiger partial charge is 0.317 e. The van der Waals surface area contributed by atoms with E-state index in [-0.39, 0.29) is 0 Å². The molecule has 0 unspecified atom stereocenters. The number of thiazole rings is 1. The van der Waals surface area contributed by atoms with Crippen LogP contribution in [-0.2, 0) is 6.54 Å². The fourth-order valence-electron chi connectivity index (χ4n) is 1.98. The predicted octanol–water partition coefficient (Wildman–Crippen LogP) is 1.98. The monoisotopic (exact) mass is 245 g/mol. The summed E-state index contributed by atoms with van der Waals surface area (Å²) in [6.07, 6.45) is 4.36. The smallest absolute Gasteiger partial charge is 0.183 e. The van der Waals surface area contributed by atoms with Gasteiger partial charge in [0.1, 0.15) is 0 Å². The van der Waals surface area contributed by atoms with Crippen LogP contribution in [0.5, 0.6) is 0 Å². The van der Waals surface area contributed by atoms with Gasteiger partial charge in [-0.05, 0) is 33.0 Å². The highest BCUT2D eigenvalue weighted by Gasteiger charge is 2.18. The van der Waals surface area contributed by atoms with Crippen LogP contribution in [0.4, 0.5) is 0 Å². The normalized spacial score (nSPS) is 18.6. The van der Waals surface area contributed by atoms with Crippen molar-refractivity contribution in [2.45, 2.75) is 25.4 Å². The summed E-state index contributed by atoms with van der Waals surface area (Å²) < 4.78 is 0.642. The topological polar surface area (TPSA) is 28.2 Å². The second-order valence-corrected chi connectivity index (χ2v) is 5.67. The lowest BCUT2D eigenvalue weighted by Gasteiger charge is -2.31. The van der Waals surface area contributed by atoms with Gasteiger partial charge in [0.15, 0.2) is 4.47 Å². The Morgan fingerprint density at radius 2 is 2.33 bits per heavy atom. The number of aromatic nitrogens is 1. The minimum atomic E-state index is 0.642. The number of hydrogen-bond donors (Lipinski definition) is 1. The SMILES string of the molecule is CN(Cc1cnc(Cl)s1)C1CCNCC1. The molecule has 1 aliphatic rings. The molecule has 2 rings (SSSR count). The molecule has 0 radical (unpaired) electrons. The minimum Gasteiger partial charge on any atom is -0.317 e. The van der Waals surface area contributed by atoms with Crippen LogP contribution in [-0.4, -0.2) is 36.1 Å². The molecule has 2 heterocycles. The highest BCUT2D eigenvalue weighted by molar-refractivity contribution is 7.15. The maximum absolute atomic E-state index is 5.81. The van der Waals surface area contributed by atoms with E-state index < -0.39 is 0 Å². The van der Waals surface area contributed by atoms with Crippen LogP contribution in [0.2, 0.25) is 4.47 Å². The molecule has 1 aliphatic heterocycles. The number of halogens is 1. The Hall–Kier alpha value is -0.160. The van der Waals surface area contributed by atoms with Crippen molar-refractivity contribution in [2.75, 3.05) is 20.1 Å². The van der Waals surface area contributed by atoms with E-state index in [4.69, 9.17) is 11.6 Å². The van der Waals surface area contributed by atoms with E-state index in [1.54, 1.807) is 11.3 Å². The summed E-state index contributed by atoms with van der Waals surface area (Å²) in [5.41, 5.74) is 0. The lowest BCUT2D eigenvalue weighted by molar-refractivity contribution is 0.193. The summed E-state index contributed by atoms with van der Waals surface area (Å²) in [5, 5.41) is 3.38. The van der Waals surface area contributed by atoms with Crippen molar-refractivity contribution in [1.82, 2.24) is 15.2 Å². The van der Waals surface area contributed by atoms with E-state index in [2.05, 4.69) is 22.2 Å². The third kappa shape index (κ3) is 3.14. The van der Waals surface area contributed by atoms with E-state index >= 15 is 0 Å². The second-order valence-electron chi connectivity index (χ2n) is 3.98. The van der Waals surface area contributed by atoms with Crippen molar-refractivity contribution in [1.29, 1.82) is 0 Å². The van der Waals surface area contributed by atoms with Gasteiger partial charge in [-0.25, -0.2) is 4.98 Å². The minimum absolute atomic E-state index is 0.642. The predicted molar refractivity (Wildman–Crippen MR) is 64.5 cm³/mol. The van der Waals surface area contributed by atoms with Crippen LogP contribution >= 0.6 is 22.9 Å². The third-order valence-corrected chi connectivity index (χ3v) is 3.96. The summed E-state index contributed by atoms with van der Waals surface area (Å²) in [6.45, 7) is 3.24. The molecule has 1 saturated heterocycles. The molecule has 0 amide bonds. The van der Waals surface area contributed by atoms with Crippen LogP contribution in [0.15, 0.2) is 6.20 Å². The molecular weight excluding hydrogens is 230 g/mol. The number of rotatable bonds is 3. The Bertz CT molecular complexity index is 309. The molecule has 0 saturated carbocycles. The Balaban J connectivity index is 1.88. The molecular formula is C10H16ClN3S. The molecule has 0 aromatic carbocycles. The van der Waals surface area contributed by atoms with Crippen molar-refractivity contribution in [3.8, 4) is 0 Å². The molecule has 1 aromatic heterocycles. The first-order valence-corrected chi connectivity index (χ1v) is 6.46. The van der Waals surface area contributed by atoms with Crippen LogP contribution in [0.1, 0.15) is 17.7 Å². The van der Waals surface area contributed by atoms with Gasteiger partial charge in [-0.3, -0.25) is 4.90 Å². The molecule has 84 valence electrons. The van der Waals surface area contributed by atoms with Crippen molar-refractivity contribution < 1.29 is 0 Å². The molecule has 0 bridgehead atoms. The zero-order valence-electron chi connectivity index (χ0n) is 8.87. The Morgan fingerprint density at radius 1 is 1.60 bits per heavy atom. The van der Waals surface area contributed by atoms with Gasteiger partial charge in [0.25, 0.3) is 0 Å². The molecule has 5 heteroatoms. The van der Waals surface area contributed by atoms with Crippen molar-refractivity contribution in [3.63, 3.8) is 0 Å². The van der Waals surface area contributed by atoms with E-state index in [9.17, 15) is 0 Å². The standard InChI is InChI=1S/C10H16ClN3S/c1-14(8-2-4-12-5-3-8)7-9-6-13-10(11)15-9/h6,8,12H,2-5,7H2,1H3. The van der Waals surface area contributed by atoms with E-state index in [1.165, 1.54) is 17.7 Å². The van der Waals surface area contributed by atoms with Crippen molar-refractivity contribution in [2.24, 2.45) is 0 Å². The molecule has 1 N–H and O–H groups in total. The molecule has 1 aromatic rings. The molecule has 0 aliphatic carbocycles. The zero-order valence-corrected chi connectivity index (χ0v) is 10.4. The van der Waals surface area contributed by atoms with Crippen molar-refractivity contribution in [3.05, 3.63) is 15.5 Å². The Labute approximate surface area is 99.5 Å². The molecule has 0 atom stereocenters. The highest BCUT2D eigenvalue weighted by atomic mass is 35.5. The van der Waals surface area contributed by atoms with Gasteiger partial charge in [-0.15, -0.1) is 11.3 Å². The summed E-state index contributed by atoms with van der Waals surface area (Å²) >= 11 is 7.39. The molecule has 15 heavy (non-hydrogen) atoms. The average molecular weight is 246 g/mol. The van der Waals surface area contributed by atoms with Crippen LogP contribution in [0.3, 0.4) is 0 Å². The van der Waals surface area contributed by atoms with Crippen molar-refractivity contribution >= 4 is 22.9 Å². The molecule has 3 nitrogen and oxygen atoms in total. The fourth-order valence-corrected chi connectivity index (χ4v) is 3.02. The Morgan fingerprint density at radius 3 is 2.93 bits per heavy atom. The van der Waals surface area contributed by atoms with Gasteiger partial charge >= 0.3 is 0 Å². The number of piperidine rings is 1. The van der Waals surface area contributed by atoms with Gasteiger partial charge in [-0.2, -0.15) is 0 Å².